The van der Waals surface area contributed by atoms with Gasteiger partial charge in [0, 0.05) is 12.0 Å². The first-order chi connectivity index (χ1) is 8.79. The molecule has 6 heteroatoms. The lowest BCUT2D eigenvalue weighted by atomic mass is 9.78. The number of nitrogens with zero attached hydrogens (tertiary/aromatic N) is 1. The Hall–Kier alpha value is -1.53. The largest absolute Gasteiger partial charge is 0.490 e. The highest BCUT2D eigenvalue weighted by Gasteiger charge is 2.33. The van der Waals surface area contributed by atoms with Crippen molar-refractivity contribution in [3.05, 3.63) is 23.8 Å². The molecule has 1 aromatic carbocycles. The standard InChI is InChI=1S/C13H18BNO4/c1-13(2,3)19-12(16)15-8-7-9-5-4-6-10(11(9)15)14(17)18/h4-6,17-18H,7-8H2,1-3H3. The minimum Gasteiger partial charge on any atom is -0.443 e. The van der Waals surface area contributed by atoms with E-state index in [2.05, 4.69) is 0 Å². The van der Waals surface area contributed by atoms with Crippen LogP contribution in [0.1, 0.15) is 26.3 Å². The van der Waals surface area contributed by atoms with Crippen LogP contribution in [-0.2, 0) is 11.2 Å². The molecule has 0 fully saturated rings. The number of fused-ring (bicyclic) bond motifs is 1. The maximum Gasteiger partial charge on any atom is 0.490 e. The van der Waals surface area contributed by atoms with Gasteiger partial charge in [-0.05, 0) is 32.8 Å². The van der Waals surface area contributed by atoms with Crippen molar-refractivity contribution in [1.29, 1.82) is 0 Å². The molecule has 5 nitrogen and oxygen atoms in total. The summed E-state index contributed by atoms with van der Waals surface area (Å²) in [7, 11) is -1.60. The van der Waals surface area contributed by atoms with Crippen molar-refractivity contribution in [1.82, 2.24) is 0 Å². The molecular weight excluding hydrogens is 245 g/mol. The molecule has 0 atom stereocenters. The van der Waals surface area contributed by atoms with Crippen molar-refractivity contribution in [3.63, 3.8) is 0 Å². The molecule has 0 radical (unpaired) electrons. The van der Waals surface area contributed by atoms with Gasteiger partial charge in [-0.25, -0.2) is 4.79 Å². The highest BCUT2D eigenvalue weighted by molar-refractivity contribution is 6.61. The zero-order valence-electron chi connectivity index (χ0n) is 11.4. The molecule has 1 aliphatic heterocycles. The predicted molar refractivity (Wildman–Crippen MR) is 73.6 cm³/mol. The predicted octanol–water partition coefficient (Wildman–Crippen LogP) is 0.664. The van der Waals surface area contributed by atoms with E-state index in [4.69, 9.17) is 4.74 Å². The summed E-state index contributed by atoms with van der Waals surface area (Å²) >= 11 is 0. The van der Waals surface area contributed by atoms with Gasteiger partial charge in [0.2, 0.25) is 0 Å². The molecule has 0 saturated heterocycles. The molecule has 1 aliphatic rings. The summed E-state index contributed by atoms with van der Waals surface area (Å²) in [5.74, 6) is 0. The van der Waals surface area contributed by atoms with Crippen LogP contribution in [0, 0.1) is 0 Å². The molecule has 0 saturated carbocycles. The minimum absolute atomic E-state index is 0.334. The van der Waals surface area contributed by atoms with E-state index < -0.39 is 18.8 Å². The molecule has 1 amide bonds. The third-order valence-electron chi connectivity index (χ3n) is 2.92. The minimum atomic E-state index is -1.60. The van der Waals surface area contributed by atoms with Crippen LogP contribution in [0.15, 0.2) is 18.2 Å². The van der Waals surface area contributed by atoms with E-state index in [1.807, 2.05) is 6.07 Å². The summed E-state index contributed by atoms with van der Waals surface area (Å²) in [6.07, 6.45) is 0.231. The highest BCUT2D eigenvalue weighted by atomic mass is 16.6. The first-order valence-electron chi connectivity index (χ1n) is 6.28. The van der Waals surface area contributed by atoms with Gasteiger partial charge in [0.05, 0.1) is 5.69 Å². The highest BCUT2D eigenvalue weighted by Crippen LogP contribution is 2.27. The Kier molecular flexibility index (Phi) is 3.56. The molecule has 102 valence electrons. The first kappa shape index (κ1) is 13.9. The maximum atomic E-state index is 12.1. The lowest BCUT2D eigenvalue weighted by molar-refractivity contribution is 0.0584. The Morgan fingerprint density at radius 1 is 1.37 bits per heavy atom. The van der Waals surface area contributed by atoms with Crippen molar-refractivity contribution < 1.29 is 19.6 Å². The fourth-order valence-electron chi connectivity index (χ4n) is 2.19. The molecule has 0 aliphatic carbocycles. The Bertz CT molecular complexity index is 496. The molecular formula is C13H18BNO4. The van der Waals surface area contributed by atoms with Gasteiger partial charge in [-0.15, -0.1) is 0 Å². The van der Waals surface area contributed by atoms with Gasteiger partial charge >= 0.3 is 13.2 Å². The number of carbonyl (C=O) groups is 1. The molecule has 2 rings (SSSR count). The van der Waals surface area contributed by atoms with Gasteiger partial charge in [0.1, 0.15) is 5.60 Å². The van der Waals surface area contributed by atoms with E-state index in [9.17, 15) is 14.8 Å². The number of benzene rings is 1. The van der Waals surface area contributed by atoms with Crippen LogP contribution in [0.4, 0.5) is 10.5 Å². The van der Waals surface area contributed by atoms with Crippen molar-refractivity contribution >= 4 is 24.4 Å². The quantitative estimate of drug-likeness (QED) is 0.730. The van der Waals surface area contributed by atoms with Crippen LogP contribution in [-0.4, -0.2) is 35.4 Å². The zero-order chi connectivity index (χ0) is 14.2. The number of hydrogen-bond acceptors (Lipinski definition) is 4. The Morgan fingerprint density at radius 2 is 2.05 bits per heavy atom. The van der Waals surface area contributed by atoms with E-state index in [1.165, 1.54) is 4.90 Å². The van der Waals surface area contributed by atoms with Gasteiger partial charge < -0.3 is 14.8 Å². The maximum absolute atomic E-state index is 12.1. The average molecular weight is 263 g/mol. The van der Waals surface area contributed by atoms with Crippen LogP contribution in [0.5, 0.6) is 0 Å². The monoisotopic (exact) mass is 263 g/mol. The van der Waals surface area contributed by atoms with Gasteiger partial charge in [0.15, 0.2) is 0 Å². The van der Waals surface area contributed by atoms with Crippen molar-refractivity contribution in [2.45, 2.75) is 32.8 Å². The summed E-state index contributed by atoms with van der Waals surface area (Å²) in [4.78, 5) is 13.6. The number of carbonyl (C=O) groups excluding carboxylic acids is 1. The van der Waals surface area contributed by atoms with E-state index in [1.54, 1.807) is 32.9 Å². The molecule has 19 heavy (non-hydrogen) atoms. The lowest BCUT2D eigenvalue weighted by Gasteiger charge is -2.26. The molecule has 1 aromatic rings. The number of hydrogen-bond donors (Lipinski definition) is 2. The molecule has 0 spiro atoms. The van der Waals surface area contributed by atoms with Crippen LogP contribution in [0.25, 0.3) is 0 Å². The second kappa shape index (κ2) is 4.87. The fraction of sp³-hybridized carbons (Fsp3) is 0.462. The van der Waals surface area contributed by atoms with Crippen LogP contribution < -0.4 is 10.4 Å². The normalized spacial score (nSPS) is 14.3. The van der Waals surface area contributed by atoms with E-state index >= 15 is 0 Å². The molecule has 0 aromatic heterocycles. The summed E-state index contributed by atoms with van der Waals surface area (Å²) in [5.41, 5.74) is 1.25. The smallest absolute Gasteiger partial charge is 0.443 e. The average Bonchev–Trinajstić information content (AvgIpc) is 2.69. The molecule has 0 bridgehead atoms. The third-order valence-corrected chi connectivity index (χ3v) is 2.92. The summed E-state index contributed by atoms with van der Waals surface area (Å²) < 4.78 is 5.34. The Labute approximate surface area is 112 Å². The van der Waals surface area contributed by atoms with Crippen LogP contribution in [0.2, 0.25) is 0 Å². The number of rotatable bonds is 1. The van der Waals surface area contributed by atoms with Crippen molar-refractivity contribution in [2.75, 3.05) is 11.4 Å². The molecule has 0 unspecified atom stereocenters. The molecule has 1 heterocycles. The number of anilines is 1. The second-order valence-corrected chi connectivity index (χ2v) is 5.61. The van der Waals surface area contributed by atoms with Crippen LogP contribution >= 0.6 is 0 Å². The van der Waals surface area contributed by atoms with Crippen molar-refractivity contribution in [2.24, 2.45) is 0 Å². The second-order valence-electron chi connectivity index (χ2n) is 5.61. The van der Waals surface area contributed by atoms with E-state index in [0.717, 1.165) is 5.56 Å². The summed E-state index contributed by atoms with van der Waals surface area (Å²) in [6.45, 7) is 5.89. The SMILES string of the molecule is CC(C)(C)OC(=O)N1CCc2cccc(B(O)O)c21. The van der Waals surface area contributed by atoms with Gasteiger partial charge in [-0.3, -0.25) is 4.90 Å². The van der Waals surface area contributed by atoms with Gasteiger partial charge in [-0.2, -0.15) is 0 Å². The number of amides is 1. The lowest BCUT2D eigenvalue weighted by Crippen LogP contribution is -2.41. The third kappa shape index (κ3) is 2.90. The van der Waals surface area contributed by atoms with Gasteiger partial charge in [-0.1, -0.05) is 18.2 Å². The van der Waals surface area contributed by atoms with E-state index in [-0.39, 0.29) is 0 Å². The van der Waals surface area contributed by atoms with E-state index in [0.29, 0.717) is 24.1 Å². The number of para-hydroxylation sites is 1. The zero-order valence-corrected chi connectivity index (χ0v) is 11.4. The summed E-state index contributed by atoms with van der Waals surface area (Å²) in [6, 6.07) is 5.24. The first-order valence-corrected chi connectivity index (χ1v) is 6.28. The van der Waals surface area contributed by atoms with Crippen LogP contribution in [0.3, 0.4) is 0 Å². The Morgan fingerprint density at radius 3 is 2.63 bits per heavy atom. The van der Waals surface area contributed by atoms with Gasteiger partial charge in [0.25, 0.3) is 0 Å². The number of ether oxygens (including phenoxy) is 1. The van der Waals surface area contributed by atoms with Crippen molar-refractivity contribution in [3.8, 4) is 0 Å². The fourth-order valence-corrected chi connectivity index (χ4v) is 2.19. The Balaban J connectivity index is 2.33. The molecule has 2 N–H and O–H groups in total. The topological polar surface area (TPSA) is 70.0 Å². The summed E-state index contributed by atoms with van der Waals surface area (Å²) in [5, 5.41) is 18.8.